The maximum absolute atomic E-state index is 6.03. The maximum Gasteiger partial charge on any atom is 0.0373 e. The Bertz CT molecular complexity index is 357. The molecule has 1 fully saturated rings. The first-order chi connectivity index (χ1) is 6.99. The molecule has 2 N–H and O–H groups in total. The van der Waals surface area contributed by atoms with Crippen molar-refractivity contribution in [1.29, 1.82) is 0 Å². The van der Waals surface area contributed by atoms with Gasteiger partial charge in [-0.05, 0) is 44.9 Å². The van der Waals surface area contributed by atoms with Crippen molar-refractivity contribution in [3.8, 4) is 0 Å². The van der Waals surface area contributed by atoms with Crippen molar-refractivity contribution in [1.82, 2.24) is 0 Å². The molecule has 1 aromatic rings. The SMILES string of the molecule is Cc1cccc(N2CC(N)CC2(C)C)c1. The van der Waals surface area contributed by atoms with Gasteiger partial charge in [-0.15, -0.1) is 0 Å². The minimum absolute atomic E-state index is 0.188. The fourth-order valence-electron chi connectivity index (χ4n) is 2.55. The summed E-state index contributed by atoms with van der Waals surface area (Å²) in [6, 6.07) is 8.96. The largest absolute Gasteiger partial charge is 0.365 e. The van der Waals surface area contributed by atoms with Gasteiger partial charge in [0.15, 0.2) is 0 Å². The second-order valence-electron chi connectivity index (χ2n) is 5.23. The molecule has 0 aliphatic carbocycles. The molecule has 2 heteroatoms. The van der Waals surface area contributed by atoms with E-state index in [0.29, 0.717) is 6.04 Å². The van der Waals surface area contributed by atoms with Crippen LogP contribution in [0.5, 0.6) is 0 Å². The average Bonchev–Trinajstić information content (AvgIpc) is 2.39. The molecule has 1 aliphatic heterocycles. The molecule has 0 radical (unpaired) electrons. The molecule has 0 bridgehead atoms. The molecule has 82 valence electrons. The first-order valence-corrected chi connectivity index (χ1v) is 5.59. The third-order valence-corrected chi connectivity index (χ3v) is 3.22. The number of benzene rings is 1. The Morgan fingerprint density at radius 3 is 2.67 bits per heavy atom. The zero-order valence-corrected chi connectivity index (χ0v) is 9.83. The van der Waals surface area contributed by atoms with Crippen LogP contribution < -0.4 is 10.6 Å². The van der Waals surface area contributed by atoms with Crippen LogP contribution in [-0.2, 0) is 0 Å². The number of hydrogen-bond acceptors (Lipinski definition) is 2. The second kappa shape index (κ2) is 3.53. The minimum Gasteiger partial charge on any atom is -0.365 e. The summed E-state index contributed by atoms with van der Waals surface area (Å²) in [7, 11) is 0. The Kier molecular flexibility index (Phi) is 2.47. The van der Waals surface area contributed by atoms with Gasteiger partial charge in [-0.2, -0.15) is 0 Å². The van der Waals surface area contributed by atoms with Gasteiger partial charge in [-0.3, -0.25) is 0 Å². The van der Waals surface area contributed by atoms with Gasteiger partial charge in [0.05, 0.1) is 0 Å². The molecule has 0 aromatic heterocycles. The lowest BCUT2D eigenvalue weighted by molar-refractivity contribution is 0.506. The van der Waals surface area contributed by atoms with Crippen molar-refractivity contribution in [2.75, 3.05) is 11.4 Å². The molecule has 1 atom stereocenters. The van der Waals surface area contributed by atoms with E-state index in [0.717, 1.165) is 13.0 Å². The van der Waals surface area contributed by atoms with E-state index in [1.807, 2.05) is 0 Å². The van der Waals surface area contributed by atoms with Crippen molar-refractivity contribution in [3.05, 3.63) is 29.8 Å². The fraction of sp³-hybridized carbons (Fsp3) is 0.538. The normalized spacial score (nSPS) is 24.5. The summed E-state index contributed by atoms with van der Waals surface area (Å²) in [4.78, 5) is 2.42. The predicted molar refractivity (Wildman–Crippen MR) is 65.2 cm³/mol. The highest BCUT2D eigenvalue weighted by Crippen LogP contribution is 2.33. The number of aryl methyl sites for hydroxylation is 1. The molecular formula is C13H20N2. The Labute approximate surface area is 92.1 Å². The number of hydrogen-bond donors (Lipinski definition) is 1. The van der Waals surface area contributed by atoms with E-state index in [-0.39, 0.29) is 5.54 Å². The second-order valence-corrected chi connectivity index (χ2v) is 5.23. The van der Waals surface area contributed by atoms with E-state index in [1.165, 1.54) is 11.3 Å². The van der Waals surface area contributed by atoms with E-state index in [1.54, 1.807) is 0 Å². The van der Waals surface area contributed by atoms with Gasteiger partial charge in [0.2, 0.25) is 0 Å². The van der Waals surface area contributed by atoms with Gasteiger partial charge >= 0.3 is 0 Å². The molecule has 1 saturated heterocycles. The van der Waals surface area contributed by atoms with Crippen LogP contribution in [-0.4, -0.2) is 18.1 Å². The average molecular weight is 204 g/mol. The maximum atomic E-state index is 6.03. The lowest BCUT2D eigenvalue weighted by Gasteiger charge is -2.33. The third-order valence-electron chi connectivity index (χ3n) is 3.22. The van der Waals surface area contributed by atoms with Crippen molar-refractivity contribution in [2.45, 2.75) is 38.8 Å². The smallest absolute Gasteiger partial charge is 0.0373 e. The lowest BCUT2D eigenvalue weighted by atomic mass is 10.00. The first kappa shape index (κ1) is 10.5. The molecular weight excluding hydrogens is 184 g/mol. The van der Waals surface area contributed by atoms with Crippen LogP contribution in [0.3, 0.4) is 0 Å². The fourth-order valence-corrected chi connectivity index (χ4v) is 2.55. The van der Waals surface area contributed by atoms with Gasteiger partial charge < -0.3 is 10.6 Å². The molecule has 15 heavy (non-hydrogen) atoms. The number of anilines is 1. The molecule has 2 rings (SSSR count). The summed E-state index contributed by atoms with van der Waals surface area (Å²) < 4.78 is 0. The molecule has 0 amide bonds. The number of rotatable bonds is 1. The standard InChI is InChI=1S/C13H20N2/c1-10-5-4-6-12(7-10)15-9-11(14)8-13(15,2)3/h4-7,11H,8-9,14H2,1-3H3. The highest BCUT2D eigenvalue weighted by atomic mass is 15.2. The van der Waals surface area contributed by atoms with E-state index in [9.17, 15) is 0 Å². The summed E-state index contributed by atoms with van der Waals surface area (Å²) in [5.41, 5.74) is 8.83. The van der Waals surface area contributed by atoms with Crippen molar-refractivity contribution >= 4 is 5.69 Å². The Hall–Kier alpha value is -1.02. The quantitative estimate of drug-likeness (QED) is 0.760. The summed E-state index contributed by atoms with van der Waals surface area (Å²) in [6.07, 6.45) is 1.07. The molecule has 1 aromatic carbocycles. The summed E-state index contributed by atoms with van der Waals surface area (Å²) >= 11 is 0. The summed E-state index contributed by atoms with van der Waals surface area (Å²) in [5, 5.41) is 0. The van der Waals surface area contributed by atoms with Crippen LogP contribution in [0, 0.1) is 6.92 Å². The van der Waals surface area contributed by atoms with E-state index >= 15 is 0 Å². The molecule has 1 aliphatic rings. The monoisotopic (exact) mass is 204 g/mol. The van der Waals surface area contributed by atoms with Crippen LogP contribution in [0.2, 0.25) is 0 Å². The van der Waals surface area contributed by atoms with Crippen LogP contribution in [0.4, 0.5) is 5.69 Å². The van der Waals surface area contributed by atoms with Crippen LogP contribution in [0.15, 0.2) is 24.3 Å². The van der Waals surface area contributed by atoms with Crippen molar-refractivity contribution in [2.24, 2.45) is 5.73 Å². The van der Waals surface area contributed by atoms with Crippen molar-refractivity contribution in [3.63, 3.8) is 0 Å². The summed E-state index contributed by atoms with van der Waals surface area (Å²) in [6.45, 7) is 7.63. The predicted octanol–water partition coefficient (Wildman–Crippen LogP) is 2.31. The third kappa shape index (κ3) is 2.00. The Morgan fingerprint density at radius 1 is 1.40 bits per heavy atom. The van der Waals surface area contributed by atoms with Gasteiger partial charge in [0.25, 0.3) is 0 Å². The molecule has 2 nitrogen and oxygen atoms in total. The Balaban J connectivity index is 2.31. The highest BCUT2D eigenvalue weighted by Gasteiger charge is 2.36. The topological polar surface area (TPSA) is 29.3 Å². The zero-order chi connectivity index (χ0) is 11.1. The van der Waals surface area contributed by atoms with Gasteiger partial charge in [-0.25, -0.2) is 0 Å². The Morgan fingerprint density at radius 2 is 2.13 bits per heavy atom. The summed E-state index contributed by atoms with van der Waals surface area (Å²) in [5.74, 6) is 0. The first-order valence-electron chi connectivity index (χ1n) is 5.59. The van der Waals surface area contributed by atoms with Gasteiger partial charge in [0.1, 0.15) is 0 Å². The minimum atomic E-state index is 0.188. The van der Waals surface area contributed by atoms with E-state index in [2.05, 4.69) is 49.9 Å². The van der Waals surface area contributed by atoms with Crippen LogP contribution in [0.25, 0.3) is 0 Å². The zero-order valence-electron chi connectivity index (χ0n) is 9.83. The van der Waals surface area contributed by atoms with E-state index in [4.69, 9.17) is 5.73 Å². The van der Waals surface area contributed by atoms with Crippen LogP contribution in [0.1, 0.15) is 25.8 Å². The number of nitrogens with two attached hydrogens (primary N) is 1. The van der Waals surface area contributed by atoms with Gasteiger partial charge in [0, 0.05) is 23.8 Å². The molecule has 0 spiro atoms. The molecule has 0 saturated carbocycles. The van der Waals surface area contributed by atoms with Gasteiger partial charge in [-0.1, -0.05) is 12.1 Å². The molecule has 1 unspecified atom stereocenters. The molecule has 1 heterocycles. The lowest BCUT2D eigenvalue weighted by Crippen LogP contribution is -2.38. The van der Waals surface area contributed by atoms with Crippen LogP contribution >= 0.6 is 0 Å². The van der Waals surface area contributed by atoms with Crippen molar-refractivity contribution < 1.29 is 0 Å². The highest BCUT2D eigenvalue weighted by molar-refractivity contribution is 5.52. The number of nitrogens with zero attached hydrogens (tertiary/aromatic N) is 1. The van der Waals surface area contributed by atoms with E-state index < -0.39 is 0 Å².